The molecule has 4 atom stereocenters. The van der Waals surface area contributed by atoms with Gasteiger partial charge in [-0.2, -0.15) is 9.97 Å². The average molecular weight is 561 g/mol. The number of carbonyl (C=O) groups excluding carboxylic acids is 1. The van der Waals surface area contributed by atoms with E-state index in [1.54, 1.807) is 6.92 Å². The third-order valence-electron chi connectivity index (χ3n) is 7.08. The molecular weight excluding hydrogens is 524 g/mol. The zero-order valence-electron chi connectivity index (χ0n) is 22.9. The predicted octanol–water partition coefficient (Wildman–Crippen LogP) is 1.59. The van der Waals surface area contributed by atoms with Crippen LogP contribution in [-0.4, -0.2) is 80.1 Å². The molecule has 12 nitrogen and oxygen atoms in total. The summed E-state index contributed by atoms with van der Waals surface area (Å²) in [4.78, 5) is 26.3. The molecule has 1 fully saturated rings. The second-order valence-corrected chi connectivity index (χ2v) is 9.87. The fourth-order valence-corrected chi connectivity index (χ4v) is 4.99. The van der Waals surface area contributed by atoms with E-state index >= 15 is 0 Å². The lowest BCUT2D eigenvalue weighted by molar-refractivity contribution is -0.137. The van der Waals surface area contributed by atoms with Gasteiger partial charge in [0.1, 0.15) is 12.2 Å². The first-order valence-electron chi connectivity index (χ1n) is 13.8. The van der Waals surface area contributed by atoms with E-state index in [-0.39, 0.29) is 5.92 Å². The Labute approximate surface area is 238 Å². The molecule has 216 valence electrons. The number of aliphatic hydroxyl groups is 2. The van der Waals surface area contributed by atoms with E-state index in [2.05, 4.69) is 50.2 Å². The van der Waals surface area contributed by atoms with Gasteiger partial charge in [-0.15, -0.1) is 0 Å². The molecule has 2 aromatic heterocycles. The number of aliphatic hydroxyl groups excluding tert-OH is 2. The van der Waals surface area contributed by atoms with Crippen LogP contribution in [0.1, 0.15) is 36.6 Å². The van der Waals surface area contributed by atoms with E-state index in [9.17, 15) is 15.0 Å². The molecule has 41 heavy (non-hydrogen) atoms. The largest absolute Gasteiger partial charge is 0.387 e. The fraction of sp³-hybridized carbons (Fsp3) is 0.379. The van der Waals surface area contributed by atoms with Crippen LogP contribution in [0.5, 0.6) is 0 Å². The van der Waals surface area contributed by atoms with Crippen LogP contribution in [0.15, 0.2) is 67.0 Å². The van der Waals surface area contributed by atoms with Crippen LogP contribution in [0.25, 0.3) is 11.2 Å². The molecule has 0 unspecified atom stereocenters. The molecule has 0 spiro atoms. The molecule has 0 saturated carbocycles. The summed E-state index contributed by atoms with van der Waals surface area (Å²) < 4.78 is 7.36. The van der Waals surface area contributed by atoms with Crippen molar-refractivity contribution in [1.82, 2.24) is 24.8 Å². The molecule has 0 bridgehead atoms. The summed E-state index contributed by atoms with van der Waals surface area (Å²) >= 11 is 0. The van der Waals surface area contributed by atoms with Crippen molar-refractivity contribution in [2.45, 2.75) is 43.8 Å². The van der Waals surface area contributed by atoms with E-state index in [1.807, 2.05) is 36.4 Å². The number of fused-ring (bicyclic) bond motifs is 1. The molecule has 1 aliphatic heterocycles. The van der Waals surface area contributed by atoms with Crippen LogP contribution in [-0.2, 0) is 9.53 Å². The summed E-state index contributed by atoms with van der Waals surface area (Å²) in [5.74, 6) is 0.375. The second kappa shape index (κ2) is 13.0. The second-order valence-electron chi connectivity index (χ2n) is 9.87. The molecular formula is C29H36N8O4. The topological polar surface area (TPSA) is 172 Å². The fourth-order valence-electron chi connectivity index (χ4n) is 4.99. The molecule has 12 heteroatoms. The van der Waals surface area contributed by atoms with Gasteiger partial charge in [0.05, 0.1) is 6.33 Å². The normalized spacial score (nSPS) is 20.4. The van der Waals surface area contributed by atoms with E-state index < -0.39 is 30.4 Å². The van der Waals surface area contributed by atoms with Gasteiger partial charge in [-0.05, 0) is 31.0 Å². The first-order chi connectivity index (χ1) is 20.0. The van der Waals surface area contributed by atoms with Gasteiger partial charge in [0.15, 0.2) is 29.3 Å². The number of nitrogens with one attached hydrogen (secondary N) is 3. The number of ether oxygens (including phenoxy) is 1. The van der Waals surface area contributed by atoms with Crippen LogP contribution >= 0.6 is 0 Å². The number of anilines is 2. The van der Waals surface area contributed by atoms with Gasteiger partial charge in [0.2, 0.25) is 5.95 Å². The van der Waals surface area contributed by atoms with Crippen LogP contribution in [0.4, 0.5) is 11.8 Å². The smallest absolute Gasteiger partial charge is 0.252 e. The van der Waals surface area contributed by atoms with Crippen molar-refractivity contribution >= 4 is 28.8 Å². The zero-order valence-corrected chi connectivity index (χ0v) is 22.9. The standard InChI is InChI=1S/C29H36N8O4/c1-2-31-27(40)24-22(38)23(39)28(41-24)37-17-34-21-25(35-29(36-26(21)37)32-15-9-14-30)33-16-20(18-10-5-3-6-11-18)19-12-7-4-8-13-19/h3-8,10-13,17,20,22-24,28,38-39H,2,9,14-16,30H2,1H3,(H,31,40)(H2,32,33,35,36)/t22-,23+,24-,28+/m0/s1. The monoisotopic (exact) mass is 560 g/mol. The Kier molecular flexibility index (Phi) is 9.04. The maximum Gasteiger partial charge on any atom is 0.252 e. The van der Waals surface area contributed by atoms with Crippen molar-refractivity contribution in [3.63, 3.8) is 0 Å². The van der Waals surface area contributed by atoms with E-state index in [0.717, 1.165) is 17.5 Å². The van der Waals surface area contributed by atoms with Crippen LogP contribution in [0.2, 0.25) is 0 Å². The van der Waals surface area contributed by atoms with Gasteiger partial charge in [-0.3, -0.25) is 9.36 Å². The van der Waals surface area contributed by atoms with Gasteiger partial charge >= 0.3 is 0 Å². The molecule has 2 aromatic carbocycles. The number of imidazole rings is 1. The Balaban J connectivity index is 1.48. The Morgan fingerprint density at radius 2 is 1.71 bits per heavy atom. The maximum atomic E-state index is 12.4. The van der Waals surface area contributed by atoms with Gasteiger partial charge in [-0.25, -0.2) is 4.98 Å². The number of hydrogen-bond acceptors (Lipinski definition) is 10. The quantitative estimate of drug-likeness (QED) is 0.140. The minimum Gasteiger partial charge on any atom is -0.387 e. The molecule has 3 heterocycles. The Morgan fingerprint density at radius 3 is 2.34 bits per heavy atom. The highest BCUT2D eigenvalue weighted by molar-refractivity contribution is 5.85. The van der Waals surface area contributed by atoms with Crippen LogP contribution in [0.3, 0.4) is 0 Å². The lowest BCUT2D eigenvalue weighted by Gasteiger charge is -2.20. The minimum absolute atomic E-state index is 0.0334. The molecule has 5 rings (SSSR count). The third-order valence-corrected chi connectivity index (χ3v) is 7.08. The molecule has 1 saturated heterocycles. The summed E-state index contributed by atoms with van der Waals surface area (Å²) in [7, 11) is 0. The van der Waals surface area contributed by atoms with E-state index in [4.69, 9.17) is 15.5 Å². The number of likely N-dealkylation sites (N-methyl/N-ethyl adjacent to an activating group) is 1. The maximum absolute atomic E-state index is 12.4. The SMILES string of the molecule is CCNC(=O)[C@H]1O[C@@H](n2cnc3c(NCC(c4ccccc4)c4ccccc4)nc(NCCCN)nc32)[C@H](O)[C@@H]1O. The van der Waals surface area contributed by atoms with Crippen molar-refractivity contribution in [2.75, 3.05) is 36.8 Å². The number of nitrogens with two attached hydrogens (primary N) is 1. The number of carbonyl (C=O) groups is 1. The predicted molar refractivity (Wildman–Crippen MR) is 155 cm³/mol. The van der Waals surface area contributed by atoms with Crippen molar-refractivity contribution in [3.05, 3.63) is 78.1 Å². The number of rotatable bonds is 12. The number of amides is 1. The summed E-state index contributed by atoms with van der Waals surface area (Å²) in [6.07, 6.45) is -2.90. The number of nitrogens with zero attached hydrogens (tertiary/aromatic N) is 4. The van der Waals surface area contributed by atoms with Crippen molar-refractivity contribution in [1.29, 1.82) is 0 Å². The number of hydrogen-bond donors (Lipinski definition) is 6. The Hall–Kier alpha value is -4.10. The molecule has 4 aromatic rings. The molecule has 1 aliphatic rings. The third kappa shape index (κ3) is 6.15. The Morgan fingerprint density at radius 1 is 1.02 bits per heavy atom. The number of aromatic nitrogens is 4. The van der Waals surface area contributed by atoms with E-state index in [0.29, 0.717) is 49.1 Å². The lowest BCUT2D eigenvalue weighted by atomic mass is 9.91. The first kappa shape index (κ1) is 28.4. The van der Waals surface area contributed by atoms with Gasteiger partial charge in [0, 0.05) is 25.6 Å². The van der Waals surface area contributed by atoms with Gasteiger partial charge in [0.25, 0.3) is 5.91 Å². The van der Waals surface area contributed by atoms with Crippen LogP contribution < -0.4 is 21.7 Å². The zero-order chi connectivity index (χ0) is 28.8. The highest BCUT2D eigenvalue weighted by Gasteiger charge is 2.47. The van der Waals surface area contributed by atoms with Crippen LogP contribution in [0, 0.1) is 0 Å². The average Bonchev–Trinajstić information content (AvgIpc) is 3.55. The van der Waals surface area contributed by atoms with E-state index in [1.165, 1.54) is 10.9 Å². The highest BCUT2D eigenvalue weighted by Crippen LogP contribution is 2.33. The Bertz CT molecular complexity index is 1400. The molecule has 7 N–H and O–H groups in total. The molecule has 1 amide bonds. The minimum atomic E-state index is -1.41. The summed E-state index contributed by atoms with van der Waals surface area (Å²) in [6.45, 7) is 3.73. The summed E-state index contributed by atoms with van der Waals surface area (Å²) in [5, 5.41) is 30.7. The number of benzene rings is 2. The van der Waals surface area contributed by atoms with Gasteiger partial charge in [-0.1, -0.05) is 60.7 Å². The molecule has 0 aliphatic carbocycles. The lowest BCUT2D eigenvalue weighted by Crippen LogP contribution is -2.42. The van der Waals surface area contributed by atoms with Crippen molar-refractivity contribution in [2.24, 2.45) is 5.73 Å². The first-order valence-corrected chi connectivity index (χ1v) is 13.8. The van der Waals surface area contributed by atoms with Crippen molar-refractivity contribution in [3.8, 4) is 0 Å². The summed E-state index contributed by atoms with van der Waals surface area (Å²) in [5.41, 5.74) is 8.81. The van der Waals surface area contributed by atoms with Crippen molar-refractivity contribution < 1.29 is 19.7 Å². The van der Waals surface area contributed by atoms with Gasteiger partial charge < -0.3 is 36.6 Å². The highest BCUT2D eigenvalue weighted by atomic mass is 16.6. The summed E-state index contributed by atoms with van der Waals surface area (Å²) in [6, 6.07) is 20.4. The molecule has 0 radical (unpaired) electrons.